The number of carboxylic acids is 1. The fourth-order valence-corrected chi connectivity index (χ4v) is 3.30. The van der Waals surface area contributed by atoms with Crippen LogP contribution in [0.1, 0.15) is 43.6 Å². The summed E-state index contributed by atoms with van der Waals surface area (Å²) in [7, 11) is 0. The zero-order valence-corrected chi connectivity index (χ0v) is 13.5. The van der Waals surface area contributed by atoms with Gasteiger partial charge in [-0.25, -0.2) is 4.79 Å². The first kappa shape index (κ1) is 14.6. The second-order valence-electron chi connectivity index (χ2n) is 6.90. The molecule has 0 bridgehead atoms. The quantitative estimate of drug-likeness (QED) is 0.880. The van der Waals surface area contributed by atoms with Crippen molar-refractivity contribution in [1.29, 1.82) is 0 Å². The zero-order valence-electron chi connectivity index (χ0n) is 13.5. The molecule has 0 atom stereocenters. The molecule has 0 unspecified atom stereocenters. The number of carbonyl (C=O) groups is 1. The van der Waals surface area contributed by atoms with E-state index in [0.29, 0.717) is 5.56 Å². The fourth-order valence-electron chi connectivity index (χ4n) is 3.30. The van der Waals surface area contributed by atoms with Gasteiger partial charge in [-0.15, -0.1) is 0 Å². The maximum atomic E-state index is 12.4. The van der Waals surface area contributed by atoms with E-state index in [9.17, 15) is 14.7 Å². The van der Waals surface area contributed by atoms with Crippen molar-refractivity contribution in [1.82, 2.24) is 9.13 Å². The smallest absolute Gasteiger partial charge is 0.341 e. The zero-order chi connectivity index (χ0) is 16.4. The Bertz CT molecular complexity index is 853. The van der Waals surface area contributed by atoms with Crippen molar-refractivity contribution in [2.24, 2.45) is 0 Å². The maximum absolute atomic E-state index is 12.4. The molecule has 2 aromatic rings. The summed E-state index contributed by atoms with van der Waals surface area (Å²) in [5.74, 6) is -1.18. The minimum atomic E-state index is -1.18. The molecule has 0 amide bonds. The molecule has 5 heteroatoms. The van der Waals surface area contributed by atoms with Gasteiger partial charge >= 0.3 is 5.97 Å². The monoisotopic (exact) mass is 300 g/mol. The van der Waals surface area contributed by atoms with Crippen molar-refractivity contribution in [3.05, 3.63) is 45.9 Å². The lowest BCUT2D eigenvalue weighted by Gasteiger charge is -2.50. The van der Waals surface area contributed by atoms with Crippen LogP contribution >= 0.6 is 0 Å². The molecule has 0 fully saturated rings. The highest BCUT2D eigenvalue weighted by Gasteiger charge is 2.46. The molecule has 0 aromatic carbocycles. The number of hydrogen-bond acceptors (Lipinski definition) is 2. The molecule has 0 spiro atoms. The predicted molar refractivity (Wildman–Crippen MR) is 84.5 cm³/mol. The van der Waals surface area contributed by atoms with E-state index >= 15 is 0 Å². The molecular weight excluding hydrogens is 280 g/mol. The summed E-state index contributed by atoms with van der Waals surface area (Å²) in [4.78, 5) is 23.8. The number of hydrogen-bond donors (Lipinski definition) is 1. The Labute approximate surface area is 128 Å². The average Bonchev–Trinajstić information content (AvgIpc) is 2.89. The van der Waals surface area contributed by atoms with E-state index in [2.05, 4.69) is 32.3 Å². The first-order chi connectivity index (χ1) is 10.1. The van der Waals surface area contributed by atoms with E-state index in [1.54, 1.807) is 6.92 Å². The molecule has 2 aromatic heterocycles. The minimum Gasteiger partial charge on any atom is -0.477 e. The summed E-state index contributed by atoms with van der Waals surface area (Å²) in [6.45, 7) is 10.1. The van der Waals surface area contributed by atoms with Gasteiger partial charge in [0.05, 0.1) is 22.5 Å². The number of rotatable bonds is 1. The fraction of sp³-hybridized carbons (Fsp3) is 0.412. The van der Waals surface area contributed by atoms with Crippen molar-refractivity contribution in [2.45, 2.75) is 45.7 Å². The first-order valence-corrected chi connectivity index (χ1v) is 7.29. The van der Waals surface area contributed by atoms with Gasteiger partial charge < -0.3 is 14.2 Å². The molecular formula is C17H20N2O3. The summed E-state index contributed by atoms with van der Waals surface area (Å²) in [5.41, 5.74) is 0.961. The first-order valence-electron chi connectivity index (χ1n) is 7.29. The molecule has 116 valence electrons. The third kappa shape index (κ3) is 1.54. The van der Waals surface area contributed by atoms with Crippen LogP contribution in [0.15, 0.2) is 29.3 Å². The van der Waals surface area contributed by atoms with Crippen LogP contribution < -0.4 is 5.43 Å². The summed E-state index contributed by atoms with van der Waals surface area (Å²) in [6.07, 6.45) is 3.50. The van der Waals surface area contributed by atoms with Gasteiger partial charge in [0.2, 0.25) is 0 Å². The minimum absolute atomic E-state index is 0.176. The van der Waals surface area contributed by atoms with Gasteiger partial charge in [0.1, 0.15) is 5.56 Å². The SMILES string of the molecule is Cc1c2n(cc(C(=O)O)c1=O)C(C)(C)C(C)(C)n1cccc1-2. The predicted octanol–water partition coefficient (Wildman–Crippen LogP) is 2.81. The van der Waals surface area contributed by atoms with Crippen molar-refractivity contribution >= 4 is 5.97 Å². The molecule has 3 rings (SSSR count). The van der Waals surface area contributed by atoms with Crippen LogP contribution in [0, 0.1) is 6.92 Å². The molecule has 0 saturated carbocycles. The molecule has 3 heterocycles. The van der Waals surface area contributed by atoms with E-state index in [1.807, 2.05) is 22.9 Å². The molecule has 22 heavy (non-hydrogen) atoms. The molecule has 0 radical (unpaired) electrons. The Hall–Kier alpha value is -2.30. The van der Waals surface area contributed by atoms with Gasteiger partial charge in [0.15, 0.2) is 5.43 Å². The highest BCUT2D eigenvalue weighted by atomic mass is 16.4. The van der Waals surface area contributed by atoms with Gasteiger partial charge in [-0.1, -0.05) is 0 Å². The van der Waals surface area contributed by atoms with E-state index in [-0.39, 0.29) is 11.1 Å². The second-order valence-corrected chi connectivity index (χ2v) is 6.90. The lowest BCUT2D eigenvalue weighted by molar-refractivity contribution is 0.0690. The van der Waals surface area contributed by atoms with Crippen LogP contribution in [0.5, 0.6) is 0 Å². The number of aromatic carboxylic acids is 1. The van der Waals surface area contributed by atoms with Crippen LogP contribution in [-0.2, 0) is 11.1 Å². The van der Waals surface area contributed by atoms with Crippen molar-refractivity contribution in [2.75, 3.05) is 0 Å². The summed E-state index contributed by atoms with van der Waals surface area (Å²) >= 11 is 0. The Morgan fingerprint density at radius 1 is 1.14 bits per heavy atom. The average molecular weight is 300 g/mol. The van der Waals surface area contributed by atoms with Crippen LogP contribution in [0.4, 0.5) is 0 Å². The summed E-state index contributed by atoms with van der Waals surface area (Å²) < 4.78 is 4.11. The number of aromatic nitrogens is 2. The topological polar surface area (TPSA) is 64.2 Å². The van der Waals surface area contributed by atoms with E-state index in [0.717, 1.165) is 11.4 Å². The lowest BCUT2D eigenvalue weighted by atomic mass is 9.78. The number of fused-ring (bicyclic) bond motifs is 3. The summed E-state index contributed by atoms with van der Waals surface area (Å²) in [6, 6.07) is 3.92. The van der Waals surface area contributed by atoms with E-state index in [1.165, 1.54) is 6.20 Å². The Morgan fingerprint density at radius 2 is 1.73 bits per heavy atom. The molecule has 0 saturated heterocycles. The highest BCUT2D eigenvalue weighted by molar-refractivity contribution is 5.88. The van der Waals surface area contributed by atoms with Crippen LogP contribution in [0.3, 0.4) is 0 Å². The van der Waals surface area contributed by atoms with Crippen LogP contribution in [0.2, 0.25) is 0 Å². The van der Waals surface area contributed by atoms with E-state index < -0.39 is 16.9 Å². The third-order valence-electron chi connectivity index (χ3n) is 5.36. The summed E-state index contributed by atoms with van der Waals surface area (Å²) in [5, 5.41) is 9.33. The molecule has 1 aliphatic rings. The van der Waals surface area contributed by atoms with Crippen molar-refractivity contribution in [3.63, 3.8) is 0 Å². The van der Waals surface area contributed by atoms with Crippen LogP contribution in [0.25, 0.3) is 11.4 Å². The van der Waals surface area contributed by atoms with Gasteiger partial charge in [-0.3, -0.25) is 4.79 Å². The van der Waals surface area contributed by atoms with Gasteiger partial charge in [0.25, 0.3) is 0 Å². The maximum Gasteiger partial charge on any atom is 0.341 e. The Kier molecular flexibility index (Phi) is 2.74. The largest absolute Gasteiger partial charge is 0.477 e. The molecule has 1 N–H and O–H groups in total. The van der Waals surface area contributed by atoms with E-state index in [4.69, 9.17) is 0 Å². The number of nitrogens with zero attached hydrogens (tertiary/aromatic N) is 2. The molecule has 1 aliphatic heterocycles. The third-order valence-corrected chi connectivity index (χ3v) is 5.36. The standard InChI is InChI=1S/C17H20N2O3/c1-10-13-12-7-6-8-18(12)16(2,3)17(4,5)19(13)9-11(14(10)20)15(21)22/h6-9H,1-5H3,(H,21,22). The highest BCUT2D eigenvalue weighted by Crippen LogP contribution is 2.45. The second kappa shape index (κ2) is 4.12. The normalized spacial score (nSPS) is 17.7. The van der Waals surface area contributed by atoms with Gasteiger partial charge in [-0.2, -0.15) is 0 Å². The number of pyridine rings is 1. The van der Waals surface area contributed by atoms with Crippen molar-refractivity contribution in [3.8, 4) is 11.4 Å². The molecule has 0 aliphatic carbocycles. The number of carboxylic acid groups (broad SMARTS) is 1. The van der Waals surface area contributed by atoms with Crippen LogP contribution in [-0.4, -0.2) is 20.2 Å². The van der Waals surface area contributed by atoms with Gasteiger partial charge in [-0.05, 0) is 46.8 Å². The Morgan fingerprint density at radius 3 is 2.32 bits per heavy atom. The Balaban J connectivity index is 2.51. The lowest BCUT2D eigenvalue weighted by Crippen LogP contribution is -2.53. The van der Waals surface area contributed by atoms with Gasteiger partial charge in [0, 0.05) is 18.0 Å². The van der Waals surface area contributed by atoms with Crippen molar-refractivity contribution < 1.29 is 9.90 Å². The molecule has 5 nitrogen and oxygen atoms in total.